The highest BCUT2D eigenvalue weighted by Gasteiger charge is 2.08. The van der Waals surface area contributed by atoms with Crippen molar-refractivity contribution in [2.75, 3.05) is 27.5 Å². The maximum atomic E-state index is 11.9. The molecule has 146 valence electrons. The van der Waals surface area contributed by atoms with E-state index in [1.807, 2.05) is 45.0 Å². The summed E-state index contributed by atoms with van der Waals surface area (Å²) in [7, 11) is 3.20. The van der Waals surface area contributed by atoms with Crippen LogP contribution in [0.15, 0.2) is 30.3 Å². The Bertz CT molecular complexity index is 790. The molecule has 2 aromatic rings. The number of methoxy groups -OCH3 is 2. The van der Waals surface area contributed by atoms with Gasteiger partial charge in [0.25, 0.3) is 0 Å². The number of ether oxygens (including phenoxy) is 3. The number of hydrogen-bond acceptors (Lipinski definition) is 4. The van der Waals surface area contributed by atoms with Crippen LogP contribution in [0.3, 0.4) is 0 Å². The Morgan fingerprint density at radius 3 is 2.33 bits per heavy atom. The van der Waals surface area contributed by atoms with Gasteiger partial charge in [-0.15, -0.1) is 0 Å². The molecule has 0 aliphatic heterocycles. The van der Waals surface area contributed by atoms with E-state index in [1.165, 1.54) is 0 Å². The molecule has 0 atom stereocenters. The van der Waals surface area contributed by atoms with E-state index in [4.69, 9.17) is 14.2 Å². The van der Waals surface area contributed by atoms with Crippen molar-refractivity contribution in [3.05, 3.63) is 52.6 Å². The van der Waals surface area contributed by atoms with E-state index in [9.17, 15) is 4.79 Å². The first-order valence-electron chi connectivity index (χ1n) is 8.88. The zero-order valence-corrected chi connectivity index (χ0v) is 16.6. The summed E-state index contributed by atoms with van der Waals surface area (Å²) in [6, 6.07) is 9.53. The summed E-state index contributed by atoms with van der Waals surface area (Å²) in [6.07, 6.45) is 0.685. The summed E-state index contributed by atoms with van der Waals surface area (Å²) in [5.41, 5.74) is 4.35. The van der Waals surface area contributed by atoms with Crippen LogP contribution < -0.4 is 24.8 Å². The normalized spacial score (nSPS) is 10.3. The molecule has 0 aliphatic carbocycles. The van der Waals surface area contributed by atoms with Crippen molar-refractivity contribution in [3.63, 3.8) is 0 Å². The second-order valence-corrected chi connectivity index (χ2v) is 6.31. The maximum absolute atomic E-state index is 11.9. The Morgan fingerprint density at radius 1 is 0.926 bits per heavy atom. The van der Waals surface area contributed by atoms with Gasteiger partial charge in [0.1, 0.15) is 5.75 Å². The Kier molecular flexibility index (Phi) is 7.34. The van der Waals surface area contributed by atoms with Crippen LogP contribution in [0.1, 0.15) is 22.3 Å². The lowest BCUT2D eigenvalue weighted by Gasteiger charge is -2.15. The molecule has 0 fully saturated rings. The van der Waals surface area contributed by atoms with Crippen molar-refractivity contribution in [1.82, 2.24) is 10.6 Å². The molecule has 0 bridgehead atoms. The topological polar surface area (TPSA) is 68.8 Å². The molecule has 2 aromatic carbocycles. The predicted octanol–water partition coefficient (Wildman–Crippen LogP) is 3.51. The molecule has 0 heterocycles. The summed E-state index contributed by atoms with van der Waals surface area (Å²) >= 11 is 0. The molecule has 2 rings (SSSR count). The van der Waals surface area contributed by atoms with Crippen LogP contribution >= 0.6 is 0 Å². The van der Waals surface area contributed by atoms with Gasteiger partial charge in [-0.25, -0.2) is 4.79 Å². The highest BCUT2D eigenvalue weighted by atomic mass is 16.5. The summed E-state index contributed by atoms with van der Waals surface area (Å²) < 4.78 is 16.2. The van der Waals surface area contributed by atoms with Crippen LogP contribution in [-0.2, 0) is 6.42 Å². The SMILES string of the molecule is COc1ccc(CCNC(=O)NCOc2c(C)ccc(C)c2C)cc1OC. The number of aryl methyl sites for hydroxylation is 2. The third kappa shape index (κ3) is 5.54. The smallest absolute Gasteiger partial charge is 0.317 e. The quantitative estimate of drug-likeness (QED) is 0.696. The fourth-order valence-electron chi connectivity index (χ4n) is 2.74. The fraction of sp³-hybridized carbons (Fsp3) is 0.381. The molecule has 6 heteroatoms. The van der Waals surface area contributed by atoms with E-state index in [0.717, 1.165) is 28.0 Å². The van der Waals surface area contributed by atoms with Crippen molar-refractivity contribution >= 4 is 6.03 Å². The first-order chi connectivity index (χ1) is 13.0. The maximum Gasteiger partial charge on any atom is 0.317 e. The molecule has 0 spiro atoms. The van der Waals surface area contributed by atoms with E-state index in [0.29, 0.717) is 24.5 Å². The summed E-state index contributed by atoms with van der Waals surface area (Å²) in [4.78, 5) is 11.9. The molecule has 0 aliphatic rings. The largest absolute Gasteiger partial charge is 0.493 e. The molecule has 0 saturated heterocycles. The van der Waals surface area contributed by atoms with Gasteiger partial charge in [0, 0.05) is 6.54 Å². The highest BCUT2D eigenvalue weighted by molar-refractivity contribution is 5.73. The van der Waals surface area contributed by atoms with Crippen LogP contribution in [0.5, 0.6) is 17.2 Å². The van der Waals surface area contributed by atoms with Gasteiger partial charge < -0.3 is 24.8 Å². The molecule has 0 aromatic heterocycles. The van der Waals surface area contributed by atoms with Gasteiger partial charge in [0.05, 0.1) is 14.2 Å². The number of nitrogens with one attached hydrogen (secondary N) is 2. The van der Waals surface area contributed by atoms with Crippen LogP contribution in [0.4, 0.5) is 4.79 Å². The van der Waals surface area contributed by atoms with Gasteiger partial charge in [-0.3, -0.25) is 0 Å². The second-order valence-electron chi connectivity index (χ2n) is 6.31. The second kappa shape index (κ2) is 9.71. The number of amides is 2. The van der Waals surface area contributed by atoms with Gasteiger partial charge >= 0.3 is 6.03 Å². The number of hydrogen-bond donors (Lipinski definition) is 2. The Morgan fingerprint density at radius 2 is 1.63 bits per heavy atom. The molecule has 0 saturated carbocycles. The van der Waals surface area contributed by atoms with Crippen molar-refractivity contribution in [2.45, 2.75) is 27.2 Å². The molecular formula is C21H28N2O4. The van der Waals surface area contributed by atoms with Crippen LogP contribution in [0.2, 0.25) is 0 Å². The average molecular weight is 372 g/mol. The lowest BCUT2D eigenvalue weighted by molar-refractivity contribution is 0.223. The predicted molar refractivity (Wildman–Crippen MR) is 106 cm³/mol. The van der Waals surface area contributed by atoms with E-state index in [-0.39, 0.29) is 12.8 Å². The van der Waals surface area contributed by atoms with E-state index >= 15 is 0 Å². The monoisotopic (exact) mass is 372 g/mol. The van der Waals surface area contributed by atoms with Crippen LogP contribution in [0, 0.1) is 20.8 Å². The molecule has 2 amide bonds. The minimum atomic E-state index is -0.265. The zero-order valence-electron chi connectivity index (χ0n) is 16.6. The Hall–Kier alpha value is -2.89. The third-order valence-corrected chi connectivity index (χ3v) is 4.47. The Labute approximate surface area is 160 Å². The number of carbonyl (C=O) groups excluding carboxylic acids is 1. The fourth-order valence-corrected chi connectivity index (χ4v) is 2.74. The number of urea groups is 1. The first kappa shape index (κ1) is 20.4. The van der Waals surface area contributed by atoms with Gasteiger partial charge in [0.2, 0.25) is 0 Å². The van der Waals surface area contributed by atoms with Crippen LogP contribution in [0.25, 0.3) is 0 Å². The van der Waals surface area contributed by atoms with Crippen molar-refractivity contribution in [2.24, 2.45) is 0 Å². The van der Waals surface area contributed by atoms with Crippen molar-refractivity contribution < 1.29 is 19.0 Å². The molecule has 6 nitrogen and oxygen atoms in total. The first-order valence-corrected chi connectivity index (χ1v) is 8.88. The average Bonchev–Trinajstić information content (AvgIpc) is 2.67. The van der Waals surface area contributed by atoms with E-state index in [2.05, 4.69) is 16.7 Å². The third-order valence-electron chi connectivity index (χ3n) is 4.47. The van der Waals surface area contributed by atoms with Gasteiger partial charge in [-0.2, -0.15) is 0 Å². The molecule has 0 unspecified atom stereocenters. The molecule has 0 radical (unpaired) electrons. The minimum absolute atomic E-state index is 0.118. The highest BCUT2D eigenvalue weighted by Crippen LogP contribution is 2.27. The summed E-state index contributed by atoms with van der Waals surface area (Å²) in [5.74, 6) is 2.18. The molecular weight excluding hydrogens is 344 g/mol. The zero-order chi connectivity index (χ0) is 19.8. The van der Waals surface area contributed by atoms with Crippen molar-refractivity contribution in [3.8, 4) is 17.2 Å². The van der Waals surface area contributed by atoms with E-state index < -0.39 is 0 Å². The number of carbonyl (C=O) groups is 1. The molecule has 2 N–H and O–H groups in total. The van der Waals surface area contributed by atoms with Crippen LogP contribution in [-0.4, -0.2) is 33.5 Å². The lowest BCUT2D eigenvalue weighted by Crippen LogP contribution is -2.38. The Balaban J connectivity index is 1.76. The summed E-state index contributed by atoms with van der Waals surface area (Å²) in [6.45, 7) is 6.67. The van der Waals surface area contributed by atoms with Gasteiger partial charge in [0.15, 0.2) is 18.2 Å². The van der Waals surface area contributed by atoms with E-state index in [1.54, 1.807) is 14.2 Å². The van der Waals surface area contributed by atoms with Gasteiger partial charge in [-0.05, 0) is 61.6 Å². The molecule has 27 heavy (non-hydrogen) atoms. The summed E-state index contributed by atoms with van der Waals surface area (Å²) in [5, 5.41) is 5.54. The number of rotatable bonds is 8. The number of benzene rings is 2. The minimum Gasteiger partial charge on any atom is -0.493 e. The lowest BCUT2D eigenvalue weighted by atomic mass is 10.1. The van der Waals surface area contributed by atoms with Gasteiger partial charge in [-0.1, -0.05) is 18.2 Å². The standard InChI is InChI=1S/C21H28N2O4/c1-14-6-7-15(2)20(16(14)3)27-13-23-21(24)22-11-10-17-8-9-18(25-4)19(12-17)26-5/h6-9,12H,10-11,13H2,1-5H3,(H2,22,23,24). The van der Waals surface area contributed by atoms with Crippen molar-refractivity contribution in [1.29, 1.82) is 0 Å².